The summed E-state index contributed by atoms with van der Waals surface area (Å²) in [5, 5.41) is 18.9. The van der Waals surface area contributed by atoms with E-state index in [-0.39, 0.29) is 5.46 Å². The molecule has 1 aromatic carbocycles. The summed E-state index contributed by atoms with van der Waals surface area (Å²) in [6.07, 6.45) is 0. The van der Waals surface area contributed by atoms with Gasteiger partial charge in [0.1, 0.15) is 0 Å². The third kappa shape index (κ3) is 2.15. The van der Waals surface area contributed by atoms with Gasteiger partial charge in [0, 0.05) is 11.5 Å². The Bertz CT molecular complexity index is 698. The highest BCUT2D eigenvalue weighted by Crippen LogP contribution is 2.05. The van der Waals surface area contributed by atoms with Crippen molar-refractivity contribution in [2.75, 3.05) is 0 Å². The van der Waals surface area contributed by atoms with Crippen molar-refractivity contribution in [2.45, 2.75) is 0 Å². The molecule has 1 heterocycles. The van der Waals surface area contributed by atoms with Gasteiger partial charge in [0.05, 0.1) is 0 Å². The first-order chi connectivity index (χ1) is 8.00. The van der Waals surface area contributed by atoms with Gasteiger partial charge in [-0.05, 0) is 32.4 Å². The lowest BCUT2D eigenvalue weighted by Gasteiger charge is -1.99. The zero-order valence-corrected chi connectivity index (χ0v) is 9.85. The standard InChI is InChI=1S/C10H9BNO4P/c13-9-4-1-6-5-7(11(15)16)2-3-8(6)10(14)12(9)17/h1-5,15-16H,17H2. The third-order valence-corrected chi connectivity index (χ3v) is 2.95. The second-order valence-corrected chi connectivity index (χ2v) is 4.08. The quantitative estimate of drug-likeness (QED) is 0.485. The van der Waals surface area contributed by atoms with Gasteiger partial charge in [-0.2, -0.15) is 0 Å². The van der Waals surface area contributed by atoms with Crippen molar-refractivity contribution in [3.63, 3.8) is 0 Å². The monoisotopic (exact) mass is 249 g/mol. The average Bonchev–Trinajstić information content (AvgIpc) is 2.42. The molecule has 5 nitrogen and oxygen atoms in total. The molecule has 1 aromatic heterocycles. The lowest BCUT2D eigenvalue weighted by molar-refractivity contribution is 0.426. The van der Waals surface area contributed by atoms with E-state index in [1.165, 1.54) is 30.3 Å². The van der Waals surface area contributed by atoms with E-state index in [9.17, 15) is 9.59 Å². The number of benzene rings is 1. The highest BCUT2D eigenvalue weighted by Gasteiger charge is 2.11. The van der Waals surface area contributed by atoms with Crippen LogP contribution in [0.25, 0.3) is 10.8 Å². The maximum atomic E-state index is 11.8. The minimum absolute atomic E-state index is 0.269. The van der Waals surface area contributed by atoms with Gasteiger partial charge in [-0.25, -0.2) is 0 Å². The molecule has 2 rings (SSSR count). The fourth-order valence-electron chi connectivity index (χ4n) is 1.55. The molecule has 0 amide bonds. The molecule has 7 heteroatoms. The van der Waals surface area contributed by atoms with Crippen molar-refractivity contribution in [2.24, 2.45) is 0 Å². The van der Waals surface area contributed by atoms with Gasteiger partial charge in [0.25, 0.3) is 11.1 Å². The van der Waals surface area contributed by atoms with Gasteiger partial charge in [-0.15, -0.1) is 0 Å². The van der Waals surface area contributed by atoms with Gasteiger partial charge in [0.15, 0.2) is 0 Å². The van der Waals surface area contributed by atoms with Crippen LogP contribution in [-0.2, 0) is 0 Å². The molecule has 0 aliphatic rings. The van der Waals surface area contributed by atoms with E-state index in [4.69, 9.17) is 10.0 Å². The Labute approximate surface area is 98.7 Å². The lowest BCUT2D eigenvalue weighted by atomic mass is 9.79. The fourth-order valence-corrected chi connectivity index (χ4v) is 1.77. The molecule has 1 atom stereocenters. The van der Waals surface area contributed by atoms with Crippen LogP contribution in [0, 0.1) is 0 Å². The number of rotatable bonds is 1. The van der Waals surface area contributed by atoms with Crippen molar-refractivity contribution in [1.29, 1.82) is 0 Å². The molecule has 17 heavy (non-hydrogen) atoms. The molecular formula is C10H9BNO4P. The minimum Gasteiger partial charge on any atom is -0.423 e. The van der Waals surface area contributed by atoms with Crippen molar-refractivity contribution in [3.8, 4) is 0 Å². The van der Waals surface area contributed by atoms with E-state index in [1.54, 1.807) is 0 Å². The van der Waals surface area contributed by atoms with E-state index in [0.29, 0.717) is 10.8 Å². The average molecular weight is 249 g/mol. The van der Waals surface area contributed by atoms with Gasteiger partial charge >= 0.3 is 7.12 Å². The Kier molecular flexibility index (Phi) is 3.11. The molecule has 2 aromatic rings. The molecule has 0 saturated carbocycles. The molecule has 86 valence electrons. The van der Waals surface area contributed by atoms with Crippen LogP contribution in [0.5, 0.6) is 0 Å². The molecule has 0 fully saturated rings. The summed E-state index contributed by atoms with van der Waals surface area (Å²) in [6, 6.07) is 7.09. The minimum atomic E-state index is -1.60. The van der Waals surface area contributed by atoms with Crippen LogP contribution in [-0.4, -0.2) is 21.5 Å². The molecule has 0 spiro atoms. The number of aromatic nitrogens is 1. The van der Waals surface area contributed by atoms with E-state index in [2.05, 4.69) is 9.39 Å². The highest BCUT2D eigenvalue weighted by atomic mass is 31.0. The highest BCUT2D eigenvalue weighted by molar-refractivity contribution is 7.14. The Balaban J connectivity index is 2.92. The molecule has 0 aliphatic heterocycles. The molecule has 1 unspecified atom stereocenters. The SMILES string of the molecule is O=c1ccc2cc(B(O)O)ccc2c(=O)n1P. The summed E-state index contributed by atoms with van der Waals surface area (Å²) in [6.45, 7) is 0. The van der Waals surface area contributed by atoms with Gasteiger partial charge in [-0.1, -0.05) is 12.1 Å². The second kappa shape index (κ2) is 4.41. The molecule has 0 radical (unpaired) electrons. The topological polar surface area (TPSA) is 79.5 Å². The number of hydrogen-bond acceptors (Lipinski definition) is 4. The maximum absolute atomic E-state index is 11.8. The van der Waals surface area contributed by atoms with Crippen LogP contribution in [0.15, 0.2) is 39.9 Å². The van der Waals surface area contributed by atoms with Crippen LogP contribution in [0.3, 0.4) is 0 Å². The largest absolute Gasteiger partial charge is 0.488 e. The normalized spacial score (nSPS) is 10.5. The summed E-state index contributed by atoms with van der Waals surface area (Å²) in [5.74, 6) is 0. The predicted molar refractivity (Wildman–Crippen MR) is 69.4 cm³/mol. The third-order valence-electron chi connectivity index (χ3n) is 2.47. The van der Waals surface area contributed by atoms with E-state index in [1.807, 2.05) is 0 Å². The summed E-state index contributed by atoms with van der Waals surface area (Å²) in [7, 11) is 0.453. The Hall–Kier alpha value is -1.49. The van der Waals surface area contributed by atoms with Gasteiger partial charge < -0.3 is 10.0 Å². The predicted octanol–water partition coefficient (Wildman–Crippen LogP) is -1.32. The first kappa shape index (κ1) is 12.0. The van der Waals surface area contributed by atoms with Crippen LogP contribution in [0.1, 0.15) is 0 Å². The van der Waals surface area contributed by atoms with E-state index >= 15 is 0 Å². The molecular weight excluding hydrogens is 240 g/mol. The van der Waals surface area contributed by atoms with Crippen molar-refractivity contribution in [3.05, 3.63) is 51.0 Å². The van der Waals surface area contributed by atoms with Crippen molar-refractivity contribution >= 4 is 32.7 Å². The van der Waals surface area contributed by atoms with E-state index in [0.717, 1.165) is 4.34 Å². The van der Waals surface area contributed by atoms with Crippen molar-refractivity contribution < 1.29 is 10.0 Å². The van der Waals surface area contributed by atoms with Crippen LogP contribution in [0.2, 0.25) is 0 Å². The zero-order chi connectivity index (χ0) is 12.6. The number of nitrogens with zero attached hydrogens (tertiary/aromatic N) is 1. The van der Waals surface area contributed by atoms with Gasteiger partial charge in [0.2, 0.25) is 0 Å². The fraction of sp³-hybridized carbons (Fsp3) is 0. The maximum Gasteiger partial charge on any atom is 0.488 e. The van der Waals surface area contributed by atoms with Crippen LogP contribution in [0.4, 0.5) is 0 Å². The number of fused-ring (bicyclic) bond motifs is 1. The molecule has 0 saturated heterocycles. The summed E-state index contributed by atoms with van der Waals surface area (Å²) in [5.41, 5.74) is -0.618. The van der Waals surface area contributed by atoms with Gasteiger partial charge in [-0.3, -0.25) is 13.9 Å². The summed E-state index contributed by atoms with van der Waals surface area (Å²) in [4.78, 5) is 23.3. The number of hydrogen-bond donors (Lipinski definition) is 2. The van der Waals surface area contributed by atoms with Crippen LogP contribution >= 0.6 is 9.39 Å². The Morgan fingerprint density at radius 3 is 2.47 bits per heavy atom. The molecule has 2 N–H and O–H groups in total. The Morgan fingerprint density at radius 1 is 1.12 bits per heavy atom. The first-order valence-corrected chi connectivity index (χ1v) is 5.33. The molecule has 0 bridgehead atoms. The van der Waals surface area contributed by atoms with Crippen LogP contribution < -0.4 is 16.6 Å². The zero-order valence-electron chi connectivity index (χ0n) is 8.70. The summed E-state index contributed by atoms with van der Waals surface area (Å²) >= 11 is 0. The first-order valence-electron chi connectivity index (χ1n) is 4.82. The second-order valence-electron chi connectivity index (χ2n) is 3.57. The summed E-state index contributed by atoms with van der Waals surface area (Å²) < 4.78 is 0.928. The van der Waals surface area contributed by atoms with Crippen molar-refractivity contribution in [1.82, 2.24) is 4.34 Å². The molecule has 0 aliphatic carbocycles. The lowest BCUT2D eigenvalue weighted by Crippen LogP contribution is -2.29. The smallest absolute Gasteiger partial charge is 0.423 e. The Morgan fingerprint density at radius 2 is 1.82 bits per heavy atom. The van der Waals surface area contributed by atoms with E-state index < -0.39 is 18.2 Å².